The monoisotopic (exact) mass is 318 g/mol. The molecule has 0 aliphatic heterocycles. The van der Waals surface area contributed by atoms with E-state index in [0.717, 1.165) is 23.5 Å². The summed E-state index contributed by atoms with van der Waals surface area (Å²) in [5.41, 5.74) is 4.28. The molecule has 2 aromatic carbocycles. The van der Waals surface area contributed by atoms with Gasteiger partial charge in [0.15, 0.2) is 0 Å². The number of carboxylic acids is 1. The van der Waals surface area contributed by atoms with E-state index < -0.39 is 5.97 Å². The zero-order valence-electron chi connectivity index (χ0n) is 13.4. The maximum atomic E-state index is 11.0. The maximum absolute atomic E-state index is 11.0. The molecule has 0 saturated heterocycles. The third-order valence-corrected chi connectivity index (χ3v) is 3.88. The fraction of sp³-hybridized carbons (Fsp3) is 0.100. The number of aryl methyl sites for hydroxylation is 1. The molecular weight excluding hydrogens is 300 g/mol. The molecule has 0 radical (unpaired) electrons. The van der Waals surface area contributed by atoms with Crippen molar-refractivity contribution in [2.45, 2.75) is 13.3 Å². The first kappa shape index (κ1) is 15.7. The molecule has 4 heteroatoms. The average Bonchev–Trinajstić information content (AvgIpc) is 3.08. The Hall–Kier alpha value is -3.14. The summed E-state index contributed by atoms with van der Waals surface area (Å²) in [5.74, 6) is -0.924. The van der Waals surface area contributed by atoms with Gasteiger partial charge in [-0.05, 0) is 54.4 Å². The summed E-state index contributed by atoms with van der Waals surface area (Å²) in [6.07, 6.45) is 4.70. The molecule has 0 aliphatic carbocycles. The summed E-state index contributed by atoms with van der Waals surface area (Å²) in [7, 11) is 0. The predicted octanol–water partition coefficient (Wildman–Crippen LogP) is 4.49. The molecular formula is C20H18N2O2. The van der Waals surface area contributed by atoms with E-state index in [-0.39, 0.29) is 5.56 Å². The van der Waals surface area contributed by atoms with Crippen molar-refractivity contribution in [2.75, 3.05) is 0 Å². The smallest absolute Gasteiger partial charge is 0.335 e. The molecule has 1 N–H and O–H groups in total. The first-order chi connectivity index (χ1) is 11.7. The standard InChI is InChI=1S/C20H18N2O2/c1-2-15-6-3-4-8-19(15)21-14-18-7-5-13-22(18)17-11-9-16(10-12-17)20(23)24/h3-14H,2H2,1H3,(H,23,24). The van der Waals surface area contributed by atoms with E-state index in [1.165, 1.54) is 5.56 Å². The summed E-state index contributed by atoms with van der Waals surface area (Å²) in [5, 5.41) is 8.99. The number of nitrogens with zero attached hydrogens (tertiary/aromatic N) is 2. The Kier molecular flexibility index (Phi) is 4.57. The Bertz CT molecular complexity index is 877. The van der Waals surface area contributed by atoms with Gasteiger partial charge in [-0.1, -0.05) is 25.1 Å². The van der Waals surface area contributed by atoms with Crippen LogP contribution in [0.1, 0.15) is 28.5 Å². The van der Waals surface area contributed by atoms with E-state index >= 15 is 0 Å². The number of aliphatic imine (C=N–C) groups is 1. The lowest BCUT2D eigenvalue weighted by Crippen LogP contribution is -2.00. The van der Waals surface area contributed by atoms with Crippen LogP contribution in [0.4, 0.5) is 5.69 Å². The minimum atomic E-state index is -0.924. The van der Waals surface area contributed by atoms with Crippen LogP contribution in [0.2, 0.25) is 0 Å². The second-order valence-electron chi connectivity index (χ2n) is 5.40. The number of rotatable bonds is 5. The van der Waals surface area contributed by atoms with E-state index in [0.29, 0.717) is 0 Å². The minimum Gasteiger partial charge on any atom is -0.478 e. The van der Waals surface area contributed by atoms with Crippen molar-refractivity contribution in [3.8, 4) is 5.69 Å². The van der Waals surface area contributed by atoms with Gasteiger partial charge in [0, 0.05) is 11.9 Å². The van der Waals surface area contributed by atoms with Crippen LogP contribution < -0.4 is 0 Å². The van der Waals surface area contributed by atoms with E-state index in [2.05, 4.69) is 18.0 Å². The number of para-hydroxylation sites is 1. The van der Waals surface area contributed by atoms with Crippen LogP contribution in [0.5, 0.6) is 0 Å². The zero-order valence-corrected chi connectivity index (χ0v) is 13.4. The van der Waals surface area contributed by atoms with Gasteiger partial charge in [0.25, 0.3) is 0 Å². The van der Waals surface area contributed by atoms with E-state index in [4.69, 9.17) is 5.11 Å². The molecule has 1 aromatic heterocycles. The molecule has 24 heavy (non-hydrogen) atoms. The van der Waals surface area contributed by atoms with Gasteiger partial charge in [-0.3, -0.25) is 4.99 Å². The van der Waals surface area contributed by atoms with Gasteiger partial charge in [-0.2, -0.15) is 0 Å². The van der Waals surface area contributed by atoms with E-state index in [1.54, 1.807) is 24.3 Å². The van der Waals surface area contributed by atoms with Crippen LogP contribution in [0.3, 0.4) is 0 Å². The van der Waals surface area contributed by atoms with Crippen molar-refractivity contribution in [2.24, 2.45) is 4.99 Å². The van der Waals surface area contributed by atoms with Crippen LogP contribution in [0.25, 0.3) is 5.69 Å². The molecule has 0 amide bonds. The fourth-order valence-corrected chi connectivity index (χ4v) is 2.57. The summed E-state index contributed by atoms with van der Waals surface area (Å²) in [6, 6.07) is 18.8. The third kappa shape index (κ3) is 3.27. The Morgan fingerprint density at radius 3 is 2.54 bits per heavy atom. The van der Waals surface area contributed by atoms with Gasteiger partial charge in [0.05, 0.1) is 23.2 Å². The molecule has 120 valence electrons. The lowest BCUT2D eigenvalue weighted by molar-refractivity contribution is 0.0697. The van der Waals surface area contributed by atoms with Gasteiger partial charge in [-0.15, -0.1) is 0 Å². The summed E-state index contributed by atoms with van der Waals surface area (Å²) < 4.78 is 1.98. The highest BCUT2D eigenvalue weighted by atomic mass is 16.4. The largest absolute Gasteiger partial charge is 0.478 e. The highest BCUT2D eigenvalue weighted by molar-refractivity contribution is 5.88. The highest BCUT2D eigenvalue weighted by Crippen LogP contribution is 2.20. The molecule has 3 aromatic rings. The van der Waals surface area contributed by atoms with Crippen LogP contribution in [0, 0.1) is 0 Å². The summed E-state index contributed by atoms with van der Waals surface area (Å²) in [6.45, 7) is 2.11. The number of hydrogen-bond acceptors (Lipinski definition) is 2. The Labute approximate surface area is 140 Å². The molecule has 0 saturated carbocycles. The molecule has 0 spiro atoms. The lowest BCUT2D eigenvalue weighted by atomic mass is 10.1. The van der Waals surface area contributed by atoms with Crippen molar-refractivity contribution in [3.05, 3.63) is 83.7 Å². The van der Waals surface area contributed by atoms with Crippen molar-refractivity contribution in [3.63, 3.8) is 0 Å². The third-order valence-electron chi connectivity index (χ3n) is 3.88. The molecule has 0 fully saturated rings. The highest BCUT2D eigenvalue weighted by Gasteiger charge is 2.05. The van der Waals surface area contributed by atoms with Crippen molar-refractivity contribution in [1.29, 1.82) is 0 Å². The lowest BCUT2D eigenvalue weighted by Gasteiger charge is -2.07. The van der Waals surface area contributed by atoms with Gasteiger partial charge in [-0.25, -0.2) is 4.79 Å². The van der Waals surface area contributed by atoms with Crippen molar-refractivity contribution >= 4 is 17.9 Å². The second-order valence-corrected chi connectivity index (χ2v) is 5.40. The quantitative estimate of drug-likeness (QED) is 0.705. The molecule has 4 nitrogen and oxygen atoms in total. The van der Waals surface area contributed by atoms with Gasteiger partial charge < -0.3 is 9.67 Å². The number of hydrogen-bond donors (Lipinski definition) is 1. The number of carbonyl (C=O) groups is 1. The molecule has 0 aliphatic rings. The molecule has 1 heterocycles. The van der Waals surface area contributed by atoms with Gasteiger partial charge in [0.1, 0.15) is 0 Å². The molecule has 0 bridgehead atoms. The maximum Gasteiger partial charge on any atom is 0.335 e. The minimum absolute atomic E-state index is 0.276. The number of benzene rings is 2. The Balaban J connectivity index is 1.90. The first-order valence-electron chi connectivity index (χ1n) is 7.82. The van der Waals surface area contributed by atoms with Crippen LogP contribution in [-0.2, 0) is 6.42 Å². The Morgan fingerprint density at radius 2 is 1.83 bits per heavy atom. The average molecular weight is 318 g/mol. The van der Waals surface area contributed by atoms with E-state index in [1.807, 2.05) is 47.3 Å². The van der Waals surface area contributed by atoms with Crippen molar-refractivity contribution in [1.82, 2.24) is 4.57 Å². The van der Waals surface area contributed by atoms with Crippen molar-refractivity contribution < 1.29 is 9.90 Å². The first-order valence-corrected chi connectivity index (χ1v) is 7.82. The predicted molar refractivity (Wildman–Crippen MR) is 95.8 cm³/mol. The number of aromatic carboxylic acids is 1. The normalized spacial score (nSPS) is 11.0. The number of carboxylic acid groups (broad SMARTS) is 1. The summed E-state index contributed by atoms with van der Waals surface area (Å²) in [4.78, 5) is 15.6. The van der Waals surface area contributed by atoms with Gasteiger partial charge in [0.2, 0.25) is 0 Å². The van der Waals surface area contributed by atoms with Crippen LogP contribution in [0.15, 0.2) is 71.9 Å². The SMILES string of the molecule is CCc1ccccc1N=Cc1cccn1-c1ccc(C(=O)O)cc1. The molecule has 0 atom stereocenters. The Morgan fingerprint density at radius 1 is 1.08 bits per heavy atom. The fourth-order valence-electron chi connectivity index (χ4n) is 2.57. The second kappa shape index (κ2) is 6.96. The number of aromatic nitrogens is 1. The zero-order chi connectivity index (χ0) is 16.9. The van der Waals surface area contributed by atoms with Gasteiger partial charge >= 0.3 is 5.97 Å². The van der Waals surface area contributed by atoms with Crippen LogP contribution in [-0.4, -0.2) is 21.9 Å². The topological polar surface area (TPSA) is 54.6 Å². The molecule has 0 unspecified atom stereocenters. The van der Waals surface area contributed by atoms with Crippen LogP contribution >= 0.6 is 0 Å². The van der Waals surface area contributed by atoms with E-state index in [9.17, 15) is 4.79 Å². The molecule has 3 rings (SSSR count). The summed E-state index contributed by atoms with van der Waals surface area (Å²) >= 11 is 0.